The van der Waals surface area contributed by atoms with Gasteiger partial charge in [-0.1, -0.05) is 84.0 Å². The molecule has 0 aliphatic carbocycles. The van der Waals surface area contributed by atoms with Gasteiger partial charge in [0.2, 0.25) is 5.91 Å². The van der Waals surface area contributed by atoms with Crippen molar-refractivity contribution in [1.29, 1.82) is 0 Å². The third-order valence-electron chi connectivity index (χ3n) is 4.73. The van der Waals surface area contributed by atoms with Gasteiger partial charge in [0.05, 0.1) is 5.75 Å². The predicted octanol–water partition coefficient (Wildman–Crippen LogP) is 5.62. The summed E-state index contributed by atoms with van der Waals surface area (Å²) < 4.78 is 11.2. The number of thioether (sulfide) groups is 1. The lowest BCUT2D eigenvalue weighted by Gasteiger charge is -2.23. The van der Waals surface area contributed by atoms with Crippen molar-refractivity contribution in [2.75, 3.05) is 5.75 Å². The Labute approximate surface area is 201 Å². The van der Waals surface area contributed by atoms with E-state index in [-0.39, 0.29) is 18.3 Å². The summed E-state index contributed by atoms with van der Waals surface area (Å²) >= 11 is 7.09. The first kappa shape index (κ1) is 22.9. The van der Waals surface area contributed by atoms with E-state index in [1.165, 1.54) is 11.8 Å². The molecule has 0 saturated carbocycles. The number of carbonyl (C=O) groups excluding carboxylic acids is 1. The Morgan fingerprint density at radius 1 is 0.879 bits per heavy atom. The average Bonchev–Trinajstić information content (AvgIpc) is 3.31. The number of amides is 1. The second-order valence-electron chi connectivity index (χ2n) is 7.21. The smallest absolute Gasteiger partial charge is 0.277 e. The second kappa shape index (κ2) is 11.5. The van der Waals surface area contributed by atoms with Gasteiger partial charge in [-0.2, -0.15) is 0 Å². The minimum Gasteiger partial charge on any atom is -0.484 e. The number of benzene rings is 3. The van der Waals surface area contributed by atoms with Crippen molar-refractivity contribution in [2.24, 2.45) is 0 Å². The molecule has 0 atom stereocenters. The molecule has 4 aromatic rings. The number of carbonyl (C=O) groups is 1. The summed E-state index contributed by atoms with van der Waals surface area (Å²) in [5.74, 6) is 1.17. The normalized spacial score (nSPS) is 10.7. The summed E-state index contributed by atoms with van der Waals surface area (Å²) in [7, 11) is 0. The van der Waals surface area contributed by atoms with Crippen molar-refractivity contribution < 1.29 is 13.9 Å². The molecule has 0 fully saturated rings. The van der Waals surface area contributed by atoms with Gasteiger partial charge >= 0.3 is 0 Å². The molecule has 0 aliphatic heterocycles. The molecule has 1 heterocycles. The summed E-state index contributed by atoms with van der Waals surface area (Å²) in [4.78, 5) is 14.9. The van der Waals surface area contributed by atoms with Gasteiger partial charge in [-0.05, 0) is 35.4 Å². The van der Waals surface area contributed by atoms with Gasteiger partial charge in [-0.15, -0.1) is 10.2 Å². The largest absolute Gasteiger partial charge is 0.484 e. The van der Waals surface area contributed by atoms with E-state index >= 15 is 0 Å². The quantitative estimate of drug-likeness (QED) is 0.275. The first-order valence-electron chi connectivity index (χ1n) is 10.3. The molecule has 1 amide bonds. The Morgan fingerprint density at radius 2 is 1.48 bits per heavy atom. The van der Waals surface area contributed by atoms with Gasteiger partial charge < -0.3 is 14.1 Å². The van der Waals surface area contributed by atoms with Crippen molar-refractivity contribution in [3.05, 3.63) is 107 Å². The molecule has 4 rings (SSSR count). The van der Waals surface area contributed by atoms with Gasteiger partial charge in [0, 0.05) is 18.1 Å². The topological polar surface area (TPSA) is 68.5 Å². The highest BCUT2D eigenvalue weighted by molar-refractivity contribution is 7.99. The highest BCUT2D eigenvalue weighted by Crippen LogP contribution is 2.20. The van der Waals surface area contributed by atoms with Crippen LogP contribution in [0.3, 0.4) is 0 Å². The standard InChI is InChI=1S/C25H22ClN3O3S/c26-21-11-13-22(14-12-21)31-17-23-27-28-25(32-23)33-18-24(30)29(15-19-7-3-1-4-8-19)16-20-9-5-2-6-10-20/h1-14H,15-18H2. The monoisotopic (exact) mass is 479 g/mol. The van der Waals surface area contributed by atoms with Crippen LogP contribution < -0.4 is 4.74 Å². The van der Waals surface area contributed by atoms with Crippen LogP contribution in [0.1, 0.15) is 17.0 Å². The van der Waals surface area contributed by atoms with Crippen molar-refractivity contribution in [3.8, 4) is 5.75 Å². The molecule has 0 radical (unpaired) electrons. The molecule has 0 unspecified atom stereocenters. The number of halogens is 1. The van der Waals surface area contributed by atoms with E-state index in [4.69, 9.17) is 20.8 Å². The molecule has 33 heavy (non-hydrogen) atoms. The molecular weight excluding hydrogens is 458 g/mol. The number of aromatic nitrogens is 2. The van der Waals surface area contributed by atoms with Gasteiger partial charge in [0.25, 0.3) is 11.1 Å². The van der Waals surface area contributed by atoms with Gasteiger partial charge in [-0.25, -0.2) is 0 Å². The summed E-state index contributed by atoms with van der Waals surface area (Å²) in [5, 5.41) is 8.98. The zero-order valence-corrected chi connectivity index (χ0v) is 19.3. The molecular formula is C25H22ClN3O3S. The van der Waals surface area contributed by atoms with Crippen molar-refractivity contribution >= 4 is 29.3 Å². The fraction of sp³-hybridized carbons (Fsp3) is 0.160. The lowest BCUT2D eigenvalue weighted by atomic mass is 10.1. The SMILES string of the molecule is O=C(CSc1nnc(COc2ccc(Cl)cc2)o1)N(Cc1ccccc1)Cc1ccccc1. The molecule has 0 N–H and O–H groups in total. The molecule has 1 aromatic heterocycles. The lowest BCUT2D eigenvalue weighted by molar-refractivity contribution is -0.129. The molecule has 0 saturated heterocycles. The van der Waals surface area contributed by atoms with Crippen molar-refractivity contribution in [2.45, 2.75) is 24.9 Å². The van der Waals surface area contributed by atoms with Crippen LogP contribution in [-0.2, 0) is 24.5 Å². The molecule has 0 aliphatic rings. The van der Waals surface area contributed by atoms with E-state index in [1.54, 1.807) is 24.3 Å². The van der Waals surface area contributed by atoms with Crippen LogP contribution in [0.4, 0.5) is 0 Å². The zero-order chi connectivity index (χ0) is 22.9. The van der Waals surface area contributed by atoms with Gasteiger partial charge in [0.15, 0.2) is 6.61 Å². The molecule has 3 aromatic carbocycles. The van der Waals surface area contributed by atoms with E-state index < -0.39 is 0 Å². The Bertz CT molecular complexity index is 1110. The Hall–Kier alpha value is -3.29. The summed E-state index contributed by atoms with van der Waals surface area (Å²) in [6.45, 7) is 1.19. The summed E-state index contributed by atoms with van der Waals surface area (Å²) in [6, 6.07) is 26.9. The molecule has 6 nitrogen and oxygen atoms in total. The van der Waals surface area contributed by atoms with Crippen molar-refractivity contribution in [1.82, 2.24) is 15.1 Å². The average molecular weight is 480 g/mol. The Balaban J connectivity index is 1.34. The lowest BCUT2D eigenvalue weighted by Crippen LogP contribution is -2.31. The molecule has 168 valence electrons. The number of nitrogens with zero attached hydrogens (tertiary/aromatic N) is 3. The fourth-order valence-electron chi connectivity index (χ4n) is 3.09. The second-order valence-corrected chi connectivity index (χ2v) is 8.58. The first-order chi connectivity index (χ1) is 16.2. The van der Waals surface area contributed by atoms with Crippen LogP contribution in [0, 0.1) is 0 Å². The highest BCUT2D eigenvalue weighted by atomic mass is 35.5. The maximum atomic E-state index is 13.1. The van der Waals surface area contributed by atoms with Crippen LogP contribution in [0.25, 0.3) is 0 Å². The molecule has 0 bridgehead atoms. The van der Waals surface area contributed by atoms with Gasteiger partial charge in [-0.3, -0.25) is 4.79 Å². The van der Waals surface area contributed by atoms with E-state index in [0.29, 0.717) is 35.0 Å². The van der Waals surface area contributed by atoms with E-state index in [0.717, 1.165) is 11.1 Å². The Kier molecular flexibility index (Phi) is 8.00. The third kappa shape index (κ3) is 7.10. The third-order valence-corrected chi connectivity index (χ3v) is 5.78. The minimum absolute atomic E-state index is 0.00938. The molecule has 0 spiro atoms. The number of hydrogen-bond acceptors (Lipinski definition) is 6. The number of hydrogen-bond donors (Lipinski definition) is 0. The first-order valence-corrected chi connectivity index (χ1v) is 11.7. The number of ether oxygens (including phenoxy) is 1. The predicted molar refractivity (Wildman–Crippen MR) is 128 cm³/mol. The Morgan fingerprint density at radius 3 is 2.09 bits per heavy atom. The zero-order valence-electron chi connectivity index (χ0n) is 17.8. The van der Waals surface area contributed by atoms with E-state index in [2.05, 4.69) is 10.2 Å². The fourth-order valence-corrected chi connectivity index (χ4v) is 3.89. The summed E-state index contributed by atoms with van der Waals surface area (Å²) in [5.41, 5.74) is 2.15. The maximum absolute atomic E-state index is 13.1. The van der Waals surface area contributed by atoms with Crippen LogP contribution in [0.2, 0.25) is 5.02 Å². The summed E-state index contributed by atoms with van der Waals surface area (Å²) in [6.07, 6.45) is 0. The highest BCUT2D eigenvalue weighted by Gasteiger charge is 2.17. The van der Waals surface area contributed by atoms with E-state index in [1.807, 2.05) is 65.6 Å². The van der Waals surface area contributed by atoms with Gasteiger partial charge in [0.1, 0.15) is 5.75 Å². The van der Waals surface area contributed by atoms with Crippen LogP contribution in [0.5, 0.6) is 5.75 Å². The van der Waals surface area contributed by atoms with Crippen molar-refractivity contribution in [3.63, 3.8) is 0 Å². The van der Waals surface area contributed by atoms with Crippen LogP contribution in [-0.4, -0.2) is 26.8 Å². The minimum atomic E-state index is -0.00938. The molecule has 8 heteroatoms. The number of rotatable bonds is 10. The maximum Gasteiger partial charge on any atom is 0.277 e. The van der Waals surface area contributed by atoms with Crippen LogP contribution >= 0.6 is 23.4 Å². The van der Waals surface area contributed by atoms with E-state index in [9.17, 15) is 4.79 Å². The van der Waals surface area contributed by atoms with Crippen LogP contribution in [0.15, 0.2) is 94.6 Å².